The minimum absolute atomic E-state index is 0.123. The molecule has 3 aliphatic heterocycles. The molecule has 41 heavy (non-hydrogen) atoms. The van der Waals surface area contributed by atoms with Gasteiger partial charge < -0.3 is 19.5 Å². The molecule has 2 saturated carbocycles. The molecule has 1 aromatic rings. The van der Waals surface area contributed by atoms with Gasteiger partial charge in [0.2, 0.25) is 10.0 Å². The first-order valence-electron chi connectivity index (χ1n) is 14.7. The smallest absolute Gasteiger partial charge is 0.410 e. The van der Waals surface area contributed by atoms with Gasteiger partial charge in [0.1, 0.15) is 11.7 Å². The summed E-state index contributed by atoms with van der Waals surface area (Å²) in [6, 6.07) is 4.79. The van der Waals surface area contributed by atoms with Crippen LogP contribution < -0.4 is 0 Å². The van der Waals surface area contributed by atoms with E-state index in [1.807, 2.05) is 20.8 Å². The lowest BCUT2D eigenvalue weighted by Gasteiger charge is -2.47. The first-order valence-corrected chi connectivity index (χ1v) is 16.5. The van der Waals surface area contributed by atoms with Gasteiger partial charge in [0.05, 0.1) is 42.3 Å². The topological polar surface area (TPSA) is 117 Å². The largest absolute Gasteiger partial charge is 0.444 e. The molecule has 6 rings (SSSR count). The zero-order chi connectivity index (χ0) is 29.3. The average molecular weight is 610 g/mol. The summed E-state index contributed by atoms with van der Waals surface area (Å²) in [5, 5.41) is 12.1. The van der Waals surface area contributed by atoms with Gasteiger partial charge >= 0.3 is 6.09 Å². The zero-order valence-electron chi connectivity index (χ0n) is 23.9. The van der Waals surface area contributed by atoms with Crippen LogP contribution in [0.15, 0.2) is 29.2 Å². The molecule has 226 valence electrons. The molecular formula is C29H40ClN3O7S. The Morgan fingerprint density at radius 3 is 2.20 bits per heavy atom. The van der Waals surface area contributed by atoms with Crippen molar-refractivity contribution in [3.8, 4) is 0 Å². The van der Waals surface area contributed by atoms with Crippen molar-refractivity contribution in [2.75, 3.05) is 26.3 Å². The molecular weight excluding hydrogens is 570 g/mol. The summed E-state index contributed by atoms with van der Waals surface area (Å²) in [6.07, 6.45) is 2.70. The first kappa shape index (κ1) is 29.2. The third kappa shape index (κ3) is 5.37. The maximum atomic E-state index is 14.1. The van der Waals surface area contributed by atoms with Gasteiger partial charge in [-0.25, -0.2) is 13.2 Å². The van der Waals surface area contributed by atoms with Crippen molar-refractivity contribution in [3.05, 3.63) is 29.3 Å². The van der Waals surface area contributed by atoms with Crippen LogP contribution in [0.3, 0.4) is 0 Å². The molecule has 5 atom stereocenters. The summed E-state index contributed by atoms with van der Waals surface area (Å²) in [7, 11) is -3.95. The fraction of sp³-hybridized carbons (Fsp3) is 0.724. The maximum absolute atomic E-state index is 14.1. The van der Waals surface area contributed by atoms with Gasteiger partial charge in [0, 0.05) is 23.5 Å². The van der Waals surface area contributed by atoms with Crippen LogP contribution in [0, 0.1) is 11.3 Å². The molecule has 1 aromatic carbocycles. The number of fused-ring (bicyclic) bond motifs is 2. The number of aliphatic hydroxyl groups excluding tert-OH is 1. The number of hydrogen-bond donors (Lipinski definition) is 1. The lowest BCUT2D eigenvalue weighted by molar-refractivity contribution is -0.151. The number of nitrogens with zero attached hydrogens (tertiary/aromatic N) is 3. The van der Waals surface area contributed by atoms with E-state index in [0.717, 1.165) is 25.7 Å². The Labute approximate surface area is 246 Å². The number of aliphatic hydroxyl groups is 1. The third-order valence-electron chi connectivity index (χ3n) is 9.42. The van der Waals surface area contributed by atoms with E-state index in [0.29, 0.717) is 37.6 Å². The van der Waals surface area contributed by atoms with Crippen LogP contribution in [-0.2, 0) is 24.3 Å². The van der Waals surface area contributed by atoms with E-state index in [2.05, 4.69) is 0 Å². The van der Waals surface area contributed by atoms with Gasteiger partial charge in [-0.1, -0.05) is 11.6 Å². The van der Waals surface area contributed by atoms with Crippen molar-refractivity contribution in [1.29, 1.82) is 0 Å². The van der Waals surface area contributed by atoms with Crippen LogP contribution in [0.25, 0.3) is 0 Å². The highest BCUT2D eigenvalue weighted by atomic mass is 35.5. The van der Waals surface area contributed by atoms with Crippen LogP contribution in [0.1, 0.15) is 59.3 Å². The van der Waals surface area contributed by atoms with Crippen LogP contribution in [0.5, 0.6) is 0 Å². The monoisotopic (exact) mass is 609 g/mol. The van der Waals surface area contributed by atoms with Gasteiger partial charge in [-0.15, -0.1) is 0 Å². The number of morpholine rings is 1. The van der Waals surface area contributed by atoms with E-state index in [4.69, 9.17) is 21.1 Å². The van der Waals surface area contributed by atoms with Crippen LogP contribution in [0.4, 0.5) is 4.79 Å². The fourth-order valence-electron chi connectivity index (χ4n) is 7.04. The van der Waals surface area contributed by atoms with Crippen LogP contribution in [0.2, 0.25) is 5.02 Å². The normalized spacial score (nSPS) is 30.7. The molecule has 0 aromatic heterocycles. The molecule has 2 aliphatic carbocycles. The van der Waals surface area contributed by atoms with Gasteiger partial charge in [-0.2, -0.15) is 4.31 Å². The van der Waals surface area contributed by atoms with Crippen molar-refractivity contribution in [1.82, 2.24) is 14.1 Å². The van der Waals surface area contributed by atoms with E-state index >= 15 is 0 Å². The zero-order valence-corrected chi connectivity index (χ0v) is 25.4. The fourth-order valence-corrected chi connectivity index (χ4v) is 9.09. The highest BCUT2D eigenvalue weighted by Gasteiger charge is 2.64. The minimum atomic E-state index is -3.95. The standard InChI is InChI=1S/C29H40ClN3O7S/c1-28(2,3)40-27(36)32-20-8-9-21(32)15-31(14-20)26(35)25(34)29(12-13-29)24-17-39-16-23(18-4-5-18)33(24)41(37,38)22-10-6-19(30)7-11-22/h6-7,10-11,18,20-21,23-25,34H,4-5,8-9,12-17H2,1-3H3/t20?,21?,23-,24+,25?/m0/s1. The number of carbonyl (C=O) groups excluding carboxylic acids is 2. The molecule has 2 bridgehead atoms. The Kier molecular flexibility index (Phi) is 7.37. The minimum Gasteiger partial charge on any atom is -0.444 e. The molecule has 12 heteroatoms. The van der Waals surface area contributed by atoms with Crippen LogP contribution in [-0.4, -0.2) is 102 Å². The van der Waals surface area contributed by atoms with Gasteiger partial charge in [0.15, 0.2) is 0 Å². The Hall–Kier alpha value is -1.92. The molecule has 10 nitrogen and oxygen atoms in total. The second-order valence-electron chi connectivity index (χ2n) is 13.4. The number of piperazine rings is 1. The summed E-state index contributed by atoms with van der Waals surface area (Å²) < 4.78 is 41.4. The third-order valence-corrected chi connectivity index (χ3v) is 11.6. The predicted octanol–water partition coefficient (Wildman–Crippen LogP) is 3.26. The highest BCUT2D eigenvalue weighted by molar-refractivity contribution is 7.89. The van der Waals surface area contributed by atoms with E-state index < -0.39 is 39.1 Å². The summed E-state index contributed by atoms with van der Waals surface area (Å²) in [4.78, 5) is 30.3. The predicted molar refractivity (Wildman–Crippen MR) is 151 cm³/mol. The van der Waals surface area contributed by atoms with Crippen molar-refractivity contribution in [3.63, 3.8) is 0 Å². The van der Waals surface area contributed by atoms with E-state index in [9.17, 15) is 23.1 Å². The molecule has 5 aliphatic rings. The Bertz CT molecular complexity index is 1280. The second-order valence-corrected chi connectivity index (χ2v) is 15.7. The second kappa shape index (κ2) is 10.4. The maximum Gasteiger partial charge on any atom is 0.410 e. The summed E-state index contributed by atoms with van der Waals surface area (Å²) in [5.74, 6) is -0.208. The van der Waals surface area contributed by atoms with E-state index in [-0.39, 0.29) is 41.6 Å². The number of hydrogen-bond acceptors (Lipinski definition) is 7. The number of likely N-dealkylation sites (tertiary alicyclic amines) is 1. The molecule has 0 spiro atoms. The number of sulfonamides is 1. The van der Waals surface area contributed by atoms with Crippen molar-refractivity contribution < 1.29 is 32.6 Å². The number of carbonyl (C=O) groups is 2. The molecule has 2 amide bonds. The van der Waals surface area contributed by atoms with Crippen molar-refractivity contribution in [2.24, 2.45) is 11.3 Å². The average Bonchev–Trinajstić information content (AvgIpc) is 3.84. The van der Waals surface area contributed by atoms with Gasteiger partial charge in [0.25, 0.3) is 5.91 Å². The van der Waals surface area contributed by atoms with E-state index in [1.54, 1.807) is 26.2 Å². The number of ether oxygens (including phenoxy) is 2. The number of amides is 2. The SMILES string of the molecule is CC(C)(C)OC(=O)N1C2CCC1CN(C(=O)C(O)C1([C@H]3COC[C@@H](C4CC4)N3S(=O)(=O)c3ccc(Cl)cc3)CC1)C2. The Morgan fingerprint density at radius 1 is 1.05 bits per heavy atom. The van der Waals surface area contributed by atoms with Crippen LogP contribution >= 0.6 is 11.6 Å². The molecule has 0 radical (unpaired) electrons. The number of benzene rings is 1. The molecule has 5 fully saturated rings. The summed E-state index contributed by atoms with van der Waals surface area (Å²) in [6.45, 7) is 6.55. The molecule has 3 heterocycles. The first-order chi connectivity index (χ1) is 19.3. The summed E-state index contributed by atoms with van der Waals surface area (Å²) >= 11 is 6.05. The Balaban J connectivity index is 1.23. The Morgan fingerprint density at radius 2 is 1.66 bits per heavy atom. The molecule has 3 saturated heterocycles. The number of halogens is 1. The lowest BCUT2D eigenvalue weighted by atomic mass is 9.87. The van der Waals surface area contributed by atoms with Crippen molar-refractivity contribution >= 4 is 33.6 Å². The van der Waals surface area contributed by atoms with Gasteiger partial charge in [-0.05, 0) is 89.5 Å². The molecule has 1 N–H and O–H groups in total. The lowest BCUT2D eigenvalue weighted by Crippen LogP contribution is -2.64. The highest BCUT2D eigenvalue weighted by Crippen LogP contribution is 2.57. The van der Waals surface area contributed by atoms with Gasteiger partial charge in [-0.3, -0.25) is 9.69 Å². The van der Waals surface area contributed by atoms with E-state index in [1.165, 1.54) is 12.1 Å². The molecule has 3 unspecified atom stereocenters. The van der Waals surface area contributed by atoms with Crippen molar-refractivity contribution in [2.45, 2.75) is 100 Å². The summed E-state index contributed by atoms with van der Waals surface area (Å²) in [5.41, 5.74) is -1.54. The number of rotatable bonds is 6. The quantitative estimate of drug-likeness (QED) is 0.526.